The average Bonchev–Trinajstić information content (AvgIpc) is 2.78. The molecule has 33 heavy (non-hydrogen) atoms. The number of anilines is 1. The molecule has 1 unspecified atom stereocenters. The van der Waals surface area contributed by atoms with Crippen LogP contribution in [0.15, 0.2) is 42.5 Å². The Labute approximate surface area is 199 Å². The van der Waals surface area contributed by atoms with Crippen LogP contribution in [0.5, 0.6) is 0 Å². The van der Waals surface area contributed by atoms with Gasteiger partial charge in [0.25, 0.3) is 0 Å². The quantitative estimate of drug-likeness (QED) is 0.513. The maximum absolute atomic E-state index is 11.7. The molecule has 0 bridgehead atoms. The summed E-state index contributed by atoms with van der Waals surface area (Å²) in [7, 11) is -3.31. The lowest BCUT2D eigenvalue weighted by atomic mass is 9.95. The first-order chi connectivity index (χ1) is 15.8. The van der Waals surface area contributed by atoms with Gasteiger partial charge in [0.1, 0.15) is 0 Å². The molecule has 0 saturated carbocycles. The van der Waals surface area contributed by atoms with Gasteiger partial charge in [-0.25, -0.2) is 8.42 Å². The molecule has 1 heterocycles. The Hall–Kier alpha value is -2.40. The van der Waals surface area contributed by atoms with Crippen LogP contribution in [0.4, 0.5) is 5.69 Å². The standard InChI is InChI=1S/C26H36N4O2S/c1-4-5-6-11-26(22-12-13-23(19-27)21(2)18-22)30-16-14-29(15-17-30)20-24-9-7-8-10-25(24)28-33(3,31)32/h7-10,12-13,18,26,28H,4-6,11,14-17,20H2,1-3H3. The Morgan fingerprint density at radius 1 is 1.09 bits per heavy atom. The number of nitrogens with one attached hydrogen (secondary N) is 1. The van der Waals surface area contributed by atoms with Gasteiger partial charge in [0.15, 0.2) is 0 Å². The van der Waals surface area contributed by atoms with E-state index in [0.29, 0.717) is 11.7 Å². The van der Waals surface area contributed by atoms with E-state index in [-0.39, 0.29) is 0 Å². The van der Waals surface area contributed by atoms with E-state index in [0.717, 1.165) is 55.8 Å². The molecule has 7 heteroatoms. The Balaban J connectivity index is 1.68. The summed E-state index contributed by atoms with van der Waals surface area (Å²) in [5.74, 6) is 0. The van der Waals surface area contributed by atoms with Crippen molar-refractivity contribution >= 4 is 15.7 Å². The van der Waals surface area contributed by atoms with E-state index < -0.39 is 10.0 Å². The molecule has 1 N–H and O–H groups in total. The van der Waals surface area contributed by atoms with Crippen LogP contribution in [-0.4, -0.2) is 50.7 Å². The Morgan fingerprint density at radius 3 is 2.45 bits per heavy atom. The Kier molecular flexibility index (Phi) is 8.90. The zero-order valence-electron chi connectivity index (χ0n) is 20.0. The van der Waals surface area contributed by atoms with Gasteiger partial charge in [-0.2, -0.15) is 5.26 Å². The molecule has 1 saturated heterocycles. The number of para-hydroxylation sites is 1. The van der Waals surface area contributed by atoms with Gasteiger partial charge in [0, 0.05) is 38.8 Å². The van der Waals surface area contributed by atoms with Crippen LogP contribution in [0, 0.1) is 18.3 Å². The van der Waals surface area contributed by atoms with Crippen LogP contribution >= 0.6 is 0 Å². The highest BCUT2D eigenvalue weighted by atomic mass is 32.2. The summed E-state index contributed by atoms with van der Waals surface area (Å²) in [5, 5.41) is 9.30. The number of piperazine rings is 1. The van der Waals surface area contributed by atoms with E-state index in [1.165, 1.54) is 31.1 Å². The van der Waals surface area contributed by atoms with Crippen molar-refractivity contribution in [2.75, 3.05) is 37.2 Å². The van der Waals surface area contributed by atoms with Crippen LogP contribution in [0.2, 0.25) is 0 Å². The Bertz CT molecular complexity index is 1070. The number of benzene rings is 2. The van der Waals surface area contributed by atoms with Crippen molar-refractivity contribution in [3.8, 4) is 6.07 Å². The van der Waals surface area contributed by atoms with Crippen LogP contribution in [0.1, 0.15) is 60.9 Å². The van der Waals surface area contributed by atoms with Crippen molar-refractivity contribution in [2.45, 2.75) is 52.1 Å². The van der Waals surface area contributed by atoms with Crippen LogP contribution in [-0.2, 0) is 16.6 Å². The number of sulfonamides is 1. The highest BCUT2D eigenvalue weighted by molar-refractivity contribution is 7.92. The molecule has 178 valence electrons. The van der Waals surface area contributed by atoms with Gasteiger partial charge in [-0.1, -0.05) is 56.5 Å². The molecule has 1 aliphatic rings. The maximum atomic E-state index is 11.7. The summed E-state index contributed by atoms with van der Waals surface area (Å²) in [5.41, 5.74) is 4.76. The number of hydrogen-bond donors (Lipinski definition) is 1. The molecular formula is C26H36N4O2S. The molecule has 1 aliphatic heterocycles. The van der Waals surface area contributed by atoms with Crippen molar-refractivity contribution in [1.82, 2.24) is 9.80 Å². The lowest BCUT2D eigenvalue weighted by Crippen LogP contribution is -2.47. The first kappa shape index (κ1) is 25.2. The fraction of sp³-hybridized carbons (Fsp3) is 0.500. The number of unbranched alkanes of at least 4 members (excludes halogenated alkanes) is 2. The fourth-order valence-corrected chi connectivity index (χ4v) is 5.20. The summed E-state index contributed by atoms with van der Waals surface area (Å²) in [4.78, 5) is 4.97. The highest BCUT2D eigenvalue weighted by Gasteiger charge is 2.25. The summed E-state index contributed by atoms with van der Waals surface area (Å²) < 4.78 is 26.1. The van der Waals surface area contributed by atoms with E-state index in [2.05, 4.69) is 39.6 Å². The van der Waals surface area contributed by atoms with E-state index in [1.807, 2.05) is 37.3 Å². The summed E-state index contributed by atoms with van der Waals surface area (Å²) in [6.45, 7) is 8.79. The zero-order valence-corrected chi connectivity index (χ0v) is 20.9. The molecule has 2 aromatic carbocycles. The lowest BCUT2D eigenvalue weighted by Gasteiger charge is -2.40. The summed E-state index contributed by atoms with van der Waals surface area (Å²) in [6.07, 6.45) is 5.95. The van der Waals surface area contributed by atoms with E-state index >= 15 is 0 Å². The highest BCUT2D eigenvalue weighted by Crippen LogP contribution is 2.30. The molecular weight excluding hydrogens is 432 g/mol. The molecule has 1 atom stereocenters. The third-order valence-corrected chi connectivity index (χ3v) is 6.98. The van der Waals surface area contributed by atoms with Crippen molar-refractivity contribution in [3.05, 3.63) is 64.7 Å². The average molecular weight is 469 g/mol. The monoisotopic (exact) mass is 468 g/mol. The largest absolute Gasteiger partial charge is 0.296 e. The first-order valence-electron chi connectivity index (χ1n) is 11.8. The summed E-state index contributed by atoms with van der Waals surface area (Å²) >= 11 is 0. The topological polar surface area (TPSA) is 76.4 Å². The third kappa shape index (κ3) is 7.29. The molecule has 0 amide bonds. The smallest absolute Gasteiger partial charge is 0.229 e. The van der Waals surface area contributed by atoms with Gasteiger partial charge in [-0.3, -0.25) is 14.5 Å². The third-order valence-electron chi connectivity index (χ3n) is 6.39. The van der Waals surface area contributed by atoms with Crippen molar-refractivity contribution in [3.63, 3.8) is 0 Å². The second kappa shape index (κ2) is 11.6. The van der Waals surface area contributed by atoms with Crippen LogP contribution in [0.3, 0.4) is 0 Å². The van der Waals surface area contributed by atoms with Crippen molar-refractivity contribution in [1.29, 1.82) is 5.26 Å². The van der Waals surface area contributed by atoms with E-state index in [1.54, 1.807) is 0 Å². The number of nitriles is 1. The summed E-state index contributed by atoms with van der Waals surface area (Å²) in [6, 6.07) is 16.5. The number of rotatable bonds is 10. The molecule has 6 nitrogen and oxygen atoms in total. The molecule has 0 aliphatic carbocycles. The van der Waals surface area contributed by atoms with Gasteiger partial charge in [0.05, 0.1) is 23.6 Å². The second-order valence-corrected chi connectivity index (χ2v) is 10.8. The van der Waals surface area contributed by atoms with Gasteiger partial charge in [-0.05, 0) is 42.2 Å². The van der Waals surface area contributed by atoms with Gasteiger partial charge in [0.2, 0.25) is 10.0 Å². The van der Waals surface area contributed by atoms with Crippen LogP contribution < -0.4 is 4.72 Å². The van der Waals surface area contributed by atoms with Crippen molar-refractivity contribution < 1.29 is 8.42 Å². The molecule has 2 aromatic rings. The lowest BCUT2D eigenvalue weighted by molar-refractivity contribution is 0.0866. The number of nitrogens with zero attached hydrogens (tertiary/aromatic N) is 3. The van der Waals surface area contributed by atoms with E-state index in [4.69, 9.17) is 0 Å². The minimum Gasteiger partial charge on any atom is -0.296 e. The van der Waals surface area contributed by atoms with Gasteiger partial charge in [-0.15, -0.1) is 0 Å². The Morgan fingerprint density at radius 2 is 1.82 bits per heavy atom. The molecule has 1 fully saturated rings. The zero-order chi connectivity index (χ0) is 23.8. The molecule has 0 spiro atoms. The molecule has 0 radical (unpaired) electrons. The normalized spacial score (nSPS) is 16.3. The van der Waals surface area contributed by atoms with E-state index in [9.17, 15) is 13.7 Å². The minimum absolute atomic E-state index is 0.365. The fourth-order valence-electron chi connectivity index (χ4n) is 4.60. The second-order valence-electron chi connectivity index (χ2n) is 9.04. The number of hydrogen-bond acceptors (Lipinski definition) is 5. The van der Waals surface area contributed by atoms with Crippen LogP contribution in [0.25, 0.3) is 0 Å². The van der Waals surface area contributed by atoms with Crippen molar-refractivity contribution in [2.24, 2.45) is 0 Å². The first-order valence-corrected chi connectivity index (χ1v) is 13.7. The van der Waals surface area contributed by atoms with Gasteiger partial charge >= 0.3 is 0 Å². The SMILES string of the molecule is CCCCCC(c1ccc(C#N)c(C)c1)N1CCN(Cc2ccccc2NS(C)(=O)=O)CC1. The predicted molar refractivity (Wildman–Crippen MR) is 135 cm³/mol. The van der Waals surface area contributed by atoms with Gasteiger partial charge < -0.3 is 0 Å². The number of aryl methyl sites for hydroxylation is 1. The minimum atomic E-state index is -3.31. The maximum Gasteiger partial charge on any atom is 0.229 e. The predicted octanol–water partition coefficient (Wildman–Crippen LogP) is 4.68. The molecule has 0 aromatic heterocycles. The molecule has 3 rings (SSSR count).